The zero-order valence-corrected chi connectivity index (χ0v) is 14.5. The van der Waals surface area contributed by atoms with Gasteiger partial charge in [0.15, 0.2) is 5.13 Å². The van der Waals surface area contributed by atoms with Gasteiger partial charge < -0.3 is 4.74 Å². The standard InChI is InChI=1S/C17H13ClN2O3S/c1-9-7-12(18)8-13-14(9)19-17(24-13)20-15(21)10-3-5-11(6-4-10)16(22)23-2/h3-8H,1-2H3,(H,19,20,21). The van der Waals surface area contributed by atoms with Gasteiger partial charge in [-0.05, 0) is 48.9 Å². The average molecular weight is 361 g/mol. The number of carbonyl (C=O) groups excluding carboxylic acids is 2. The number of hydrogen-bond donors (Lipinski definition) is 1. The summed E-state index contributed by atoms with van der Waals surface area (Å²) in [5.41, 5.74) is 2.59. The number of aromatic nitrogens is 1. The summed E-state index contributed by atoms with van der Waals surface area (Å²) in [4.78, 5) is 28.1. The van der Waals surface area contributed by atoms with Gasteiger partial charge in [-0.1, -0.05) is 22.9 Å². The molecule has 24 heavy (non-hydrogen) atoms. The molecule has 3 rings (SSSR count). The summed E-state index contributed by atoms with van der Waals surface area (Å²) in [6.45, 7) is 1.92. The normalized spacial score (nSPS) is 10.6. The molecule has 0 fully saturated rings. The van der Waals surface area contributed by atoms with Crippen molar-refractivity contribution in [3.05, 3.63) is 58.1 Å². The summed E-state index contributed by atoms with van der Waals surface area (Å²) in [5, 5.41) is 3.90. The first-order chi connectivity index (χ1) is 11.5. The van der Waals surface area contributed by atoms with Gasteiger partial charge in [-0.3, -0.25) is 10.1 Å². The second-order valence-corrected chi connectivity index (χ2v) is 6.58. The van der Waals surface area contributed by atoms with E-state index in [0.29, 0.717) is 21.3 Å². The van der Waals surface area contributed by atoms with Gasteiger partial charge in [0.25, 0.3) is 5.91 Å². The third-order valence-electron chi connectivity index (χ3n) is 3.44. The number of nitrogens with zero attached hydrogens (tertiary/aromatic N) is 1. The van der Waals surface area contributed by atoms with E-state index in [0.717, 1.165) is 15.8 Å². The fourth-order valence-corrected chi connectivity index (χ4v) is 3.57. The van der Waals surface area contributed by atoms with E-state index < -0.39 is 5.97 Å². The molecule has 0 atom stereocenters. The smallest absolute Gasteiger partial charge is 0.337 e. The fourth-order valence-electron chi connectivity index (χ4n) is 2.25. The molecule has 5 nitrogen and oxygen atoms in total. The Balaban J connectivity index is 1.82. The highest BCUT2D eigenvalue weighted by Crippen LogP contribution is 2.31. The Labute approximate surface area is 147 Å². The van der Waals surface area contributed by atoms with Crippen molar-refractivity contribution in [2.75, 3.05) is 12.4 Å². The number of ether oxygens (including phenoxy) is 1. The number of halogens is 1. The third kappa shape index (κ3) is 3.25. The SMILES string of the molecule is COC(=O)c1ccc(C(=O)Nc2nc3c(C)cc(Cl)cc3s2)cc1. The van der Waals surface area contributed by atoms with E-state index in [9.17, 15) is 9.59 Å². The maximum absolute atomic E-state index is 12.3. The van der Waals surface area contributed by atoms with Gasteiger partial charge in [-0.15, -0.1) is 0 Å². The Kier molecular flexibility index (Phi) is 4.51. The lowest BCUT2D eigenvalue weighted by Gasteiger charge is -2.03. The van der Waals surface area contributed by atoms with Gasteiger partial charge in [0.1, 0.15) is 0 Å². The Bertz CT molecular complexity index is 935. The minimum absolute atomic E-state index is 0.297. The van der Waals surface area contributed by atoms with Crippen LogP contribution in [0.2, 0.25) is 5.02 Å². The van der Waals surface area contributed by atoms with Gasteiger partial charge in [0, 0.05) is 10.6 Å². The van der Waals surface area contributed by atoms with E-state index in [4.69, 9.17) is 11.6 Å². The number of benzene rings is 2. The summed E-state index contributed by atoms with van der Waals surface area (Å²) in [6, 6.07) is 9.88. The summed E-state index contributed by atoms with van der Waals surface area (Å²) < 4.78 is 5.54. The minimum Gasteiger partial charge on any atom is -0.465 e. The molecular weight excluding hydrogens is 348 g/mol. The highest BCUT2D eigenvalue weighted by Gasteiger charge is 2.13. The highest BCUT2D eigenvalue weighted by atomic mass is 35.5. The van der Waals surface area contributed by atoms with Crippen LogP contribution in [0.3, 0.4) is 0 Å². The molecule has 1 heterocycles. The van der Waals surface area contributed by atoms with E-state index in [-0.39, 0.29) is 5.91 Å². The fraction of sp³-hybridized carbons (Fsp3) is 0.118. The van der Waals surface area contributed by atoms with E-state index in [1.807, 2.05) is 19.1 Å². The summed E-state index contributed by atoms with van der Waals surface area (Å²) in [7, 11) is 1.31. The van der Waals surface area contributed by atoms with Crippen LogP contribution in [0.25, 0.3) is 10.2 Å². The molecule has 0 aliphatic heterocycles. The van der Waals surface area contributed by atoms with Crippen molar-refractivity contribution in [2.45, 2.75) is 6.92 Å². The van der Waals surface area contributed by atoms with Gasteiger partial charge in [0.05, 0.1) is 22.9 Å². The van der Waals surface area contributed by atoms with Crippen LogP contribution in [0.1, 0.15) is 26.3 Å². The van der Waals surface area contributed by atoms with Gasteiger partial charge in [-0.25, -0.2) is 9.78 Å². The Morgan fingerprint density at radius 3 is 2.50 bits per heavy atom. The lowest BCUT2D eigenvalue weighted by Crippen LogP contribution is -2.12. The van der Waals surface area contributed by atoms with Crippen LogP contribution in [0.4, 0.5) is 5.13 Å². The number of fused-ring (bicyclic) bond motifs is 1. The van der Waals surface area contributed by atoms with Crippen LogP contribution in [-0.4, -0.2) is 24.0 Å². The van der Waals surface area contributed by atoms with E-state index in [1.165, 1.54) is 18.4 Å². The first-order valence-electron chi connectivity index (χ1n) is 7.04. The van der Waals surface area contributed by atoms with E-state index >= 15 is 0 Å². The topological polar surface area (TPSA) is 68.3 Å². The Morgan fingerprint density at radius 1 is 1.17 bits per heavy atom. The molecule has 7 heteroatoms. The lowest BCUT2D eigenvalue weighted by atomic mass is 10.1. The quantitative estimate of drug-likeness (QED) is 0.707. The number of aryl methyl sites for hydroxylation is 1. The summed E-state index contributed by atoms with van der Waals surface area (Å²) in [6.07, 6.45) is 0. The van der Waals surface area contributed by atoms with E-state index in [1.54, 1.807) is 24.3 Å². The zero-order valence-electron chi connectivity index (χ0n) is 12.9. The van der Waals surface area contributed by atoms with Gasteiger partial charge >= 0.3 is 5.97 Å². The number of hydrogen-bond acceptors (Lipinski definition) is 5. The number of esters is 1. The summed E-state index contributed by atoms with van der Waals surface area (Å²) in [5.74, 6) is -0.741. The molecule has 0 saturated heterocycles. The monoisotopic (exact) mass is 360 g/mol. The number of rotatable bonds is 3. The van der Waals surface area contributed by atoms with Crippen LogP contribution in [0.15, 0.2) is 36.4 Å². The first kappa shape index (κ1) is 16.4. The van der Waals surface area contributed by atoms with Gasteiger partial charge in [-0.2, -0.15) is 0 Å². The van der Waals surface area contributed by atoms with Crippen LogP contribution < -0.4 is 5.32 Å². The number of thiazole rings is 1. The highest BCUT2D eigenvalue weighted by molar-refractivity contribution is 7.22. The molecule has 0 saturated carbocycles. The van der Waals surface area contributed by atoms with Gasteiger partial charge in [0.2, 0.25) is 0 Å². The van der Waals surface area contributed by atoms with Crippen molar-refractivity contribution < 1.29 is 14.3 Å². The molecule has 1 aromatic heterocycles. The molecule has 0 radical (unpaired) electrons. The zero-order chi connectivity index (χ0) is 17.3. The second-order valence-electron chi connectivity index (χ2n) is 5.11. The lowest BCUT2D eigenvalue weighted by molar-refractivity contribution is 0.0600. The van der Waals surface area contributed by atoms with Crippen molar-refractivity contribution in [3.63, 3.8) is 0 Å². The average Bonchev–Trinajstić information content (AvgIpc) is 2.96. The maximum Gasteiger partial charge on any atom is 0.337 e. The largest absolute Gasteiger partial charge is 0.465 e. The minimum atomic E-state index is -0.444. The molecule has 1 N–H and O–H groups in total. The molecule has 122 valence electrons. The third-order valence-corrected chi connectivity index (χ3v) is 4.57. The molecule has 0 bridgehead atoms. The first-order valence-corrected chi connectivity index (χ1v) is 8.24. The molecular formula is C17H13ClN2O3S. The van der Waals surface area contributed by atoms with Crippen LogP contribution in [-0.2, 0) is 4.74 Å². The molecule has 0 unspecified atom stereocenters. The summed E-state index contributed by atoms with van der Waals surface area (Å²) >= 11 is 7.40. The molecule has 0 aliphatic rings. The number of nitrogens with one attached hydrogen (secondary N) is 1. The van der Waals surface area contributed by atoms with Crippen LogP contribution in [0.5, 0.6) is 0 Å². The van der Waals surface area contributed by atoms with Crippen LogP contribution in [0, 0.1) is 6.92 Å². The number of amides is 1. The second kappa shape index (κ2) is 6.59. The predicted molar refractivity (Wildman–Crippen MR) is 95.1 cm³/mol. The van der Waals surface area contributed by atoms with Crippen molar-refractivity contribution in [3.8, 4) is 0 Å². The molecule has 3 aromatic rings. The molecule has 0 spiro atoms. The molecule has 1 amide bonds. The van der Waals surface area contributed by atoms with Crippen LogP contribution >= 0.6 is 22.9 Å². The number of anilines is 1. The molecule has 0 aliphatic carbocycles. The Morgan fingerprint density at radius 2 is 1.83 bits per heavy atom. The van der Waals surface area contributed by atoms with Crippen molar-refractivity contribution in [1.82, 2.24) is 4.98 Å². The van der Waals surface area contributed by atoms with Crippen molar-refractivity contribution >= 4 is 50.2 Å². The maximum atomic E-state index is 12.3. The van der Waals surface area contributed by atoms with Crippen molar-refractivity contribution in [2.24, 2.45) is 0 Å². The number of methoxy groups -OCH3 is 1. The van der Waals surface area contributed by atoms with E-state index in [2.05, 4.69) is 15.0 Å². The Hall–Kier alpha value is -2.44. The number of carbonyl (C=O) groups is 2. The predicted octanol–water partition coefficient (Wildman–Crippen LogP) is 4.30. The molecule has 2 aromatic carbocycles. The van der Waals surface area contributed by atoms with Crippen molar-refractivity contribution in [1.29, 1.82) is 0 Å².